The van der Waals surface area contributed by atoms with Crippen LogP contribution >= 0.6 is 0 Å². The SMILES string of the molecule is CC(C)CC(NC(=O)c1ccc2ccccc2n1)C(=O)N1CC(=O)C(OCc2ccc([N+](=O)[O-])cc2)C1. The van der Waals surface area contributed by atoms with E-state index in [4.69, 9.17) is 4.74 Å². The maximum Gasteiger partial charge on any atom is 0.270 e. The highest BCUT2D eigenvalue weighted by Gasteiger charge is 2.37. The van der Waals surface area contributed by atoms with Gasteiger partial charge in [0.25, 0.3) is 11.6 Å². The van der Waals surface area contributed by atoms with Crippen LogP contribution < -0.4 is 5.32 Å². The highest BCUT2D eigenvalue weighted by Crippen LogP contribution is 2.18. The van der Waals surface area contributed by atoms with E-state index in [9.17, 15) is 24.5 Å². The van der Waals surface area contributed by atoms with Crippen LogP contribution in [-0.2, 0) is 20.9 Å². The average molecular weight is 505 g/mol. The van der Waals surface area contributed by atoms with Crippen LogP contribution in [0.2, 0.25) is 0 Å². The first-order valence-electron chi connectivity index (χ1n) is 12.0. The van der Waals surface area contributed by atoms with Gasteiger partial charge in [0, 0.05) is 17.5 Å². The molecule has 3 aromatic rings. The Labute approximate surface area is 213 Å². The molecule has 2 atom stereocenters. The summed E-state index contributed by atoms with van der Waals surface area (Å²) in [6, 6.07) is 15.9. The molecule has 0 spiro atoms. The Bertz CT molecular complexity index is 1320. The number of para-hydroxylation sites is 1. The van der Waals surface area contributed by atoms with E-state index in [0.29, 0.717) is 17.5 Å². The Balaban J connectivity index is 1.40. The van der Waals surface area contributed by atoms with Gasteiger partial charge in [-0.15, -0.1) is 0 Å². The molecule has 4 rings (SSSR count). The maximum atomic E-state index is 13.3. The van der Waals surface area contributed by atoms with Gasteiger partial charge in [-0.2, -0.15) is 0 Å². The predicted molar refractivity (Wildman–Crippen MR) is 136 cm³/mol. The van der Waals surface area contributed by atoms with Crippen LogP contribution in [0.5, 0.6) is 0 Å². The molecule has 2 aromatic carbocycles. The summed E-state index contributed by atoms with van der Waals surface area (Å²) in [6.45, 7) is 3.94. The van der Waals surface area contributed by atoms with Gasteiger partial charge < -0.3 is 15.0 Å². The Kier molecular flexibility index (Phi) is 7.88. The van der Waals surface area contributed by atoms with Gasteiger partial charge in [-0.25, -0.2) is 4.98 Å². The number of benzene rings is 2. The van der Waals surface area contributed by atoms with Crippen molar-refractivity contribution in [3.8, 4) is 0 Å². The number of carbonyl (C=O) groups excluding carboxylic acids is 3. The van der Waals surface area contributed by atoms with E-state index >= 15 is 0 Å². The number of pyridine rings is 1. The third-order valence-corrected chi connectivity index (χ3v) is 6.14. The van der Waals surface area contributed by atoms with Crippen LogP contribution in [0.25, 0.3) is 10.9 Å². The number of aromatic nitrogens is 1. The van der Waals surface area contributed by atoms with Gasteiger partial charge in [-0.05, 0) is 42.2 Å². The molecule has 1 N–H and O–H groups in total. The van der Waals surface area contributed by atoms with Crippen LogP contribution in [0, 0.1) is 16.0 Å². The summed E-state index contributed by atoms with van der Waals surface area (Å²) in [5.74, 6) is -0.925. The Morgan fingerprint density at radius 1 is 1.14 bits per heavy atom. The molecule has 1 aliphatic heterocycles. The van der Waals surface area contributed by atoms with Crippen molar-refractivity contribution >= 4 is 34.2 Å². The summed E-state index contributed by atoms with van der Waals surface area (Å²) in [5, 5.41) is 14.5. The van der Waals surface area contributed by atoms with E-state index in [1.165, 1.54) is 17.0 Å². The lowest BCUT2D eigenvalue weighted by molar-refractivity contribution is -0.384. The molecule has 0 saturated carbocycles. The Morgan fingerprint density at radius 3 is 2.57 bits per heavy atom. The van der Waals surface area contributed by atoms with E-state index in [1.807, 2.05) is 44.2 Å². The van der Waals surface area contributed by atoms with Gasteiger partial charge in [0.05, 0.1) is 30.1 Å². The normalized spacial score (nSPS) is 16.2. The van der Waals surface area contributed by atoms with E-state index < -0.39 is 23.0 Å². The van der Waals surface area contributed by atoms with Gasteiger partial charge >= 0.3 is 0 Å². The molecular weight excluding hydrogens is 476 g/mol. The zero-order valence-corrected chi connectivity index (χ0v) is 20.6. The number of amides is 2. The third kappa shape index (κ3) is 6.34. The first-order chi connectivity index (χ1) is 17.7. The van der Waals surface area contributed by atoms with Crippen molar-refractivity contribution in [1.29, 1.82) is 0 Å². The number of non-ortho nitro benzene ring substituents is 1. The molecule has 10 nitrogen and oxygen atoms in total. The number of ketones is 1. The van der Waals surface area contributed by atoms with E-state index in [2.05, 4.69) is 10.3 Å². The molecule has 1 saturated heterocycles. The number of nitrogens with one attached hydrogen (secondary N) is 1. The lowest BCUT2D eigenvalue weighted by atomic mass is 10.0. The van der Waals surface area contributed by atoms with Crippen molar-refractivity contribution in [3.05, 3.63) is 82.0 Å². The topological polar surface area (TPSA) is 132 Å². The lowest BCUT2D eigenvalue weighted by Crippen LogP contribution is -2.49. The molecule has 1 fully saturated rings. The minimum Gasteiger partial charge on any atom is -0.364 e. The van der Waals surface area contributed by atoms with Gasteiger partial charge in [-0.1, -0.05) is 38.1 Å². The predicted octanol–water partition coefficient (Wildman–Crippen LogP) is 3.28. The van der Waals surface area contributed by atoms with Crippen molar-refractivity contribution in [2.24, 2.45) is 5.92 Å². The van der Waals surface area contributed by atoms with E-state index in [0.717, 1.165) is 5.39 Å². The number of nitro groups is 1. The molecule has 0 bridgehead atoms. The van der Waals surface area contributed by atoms with Crippen molar-refractivity contribution in [1.82, 2.24) is 15.2 Å². The fourth-order valence-electron chi connectivity index (χ4n) is 4.22. The van der Waals surface area contributed by atoms with Crippen molar-refractivity contribution in [3.63, 3.8) is 0 Å². The number of rotatable bonds is 9. The van der Waals surface area contributed by atoms with Gasteiger partial charge in [0.2, 0.25) is 5.91 Å². The number of carbonyl (C=O) groups is 3. The number of Topliss-reactive ketones (excluding diaryl/α,β-unsaturated/α-hetero) is 1. The van der Waals surface area contributed by atoms with Crippen LogP contribution in [0.15, 0.2) is 60.7 Å². The fraction of sp³-hybridized carbons (Fsp3) is 0.333. The minimum absolute atomic E-state index is 0.0328. The van der Waals surface area contributed by atoms with Crippen molar-refractivity contribution in [2.75, 3.05) is 13.1 Å². The number of nitrogens with zero attached hydrogens (tertiary/aromatic N) is 3. The van der Waals surface area contributed by atoms with Crippen LogP contribution in [-0.4, -0.2) is 57.6 Å². The summed E-state index contributed by atoms with van der Waals surface area (Å²) in [6.07, 6.45) is -0.409. The molecule has 2 amide bonds. The molecule has 1 aliphatic rings. The van der Waals surface area contributed by atoms with Crippen LogP contribution in [0.3, 0.4) is 0 Å². The lowest BCUT2D eigenvalue weighted by Gasteiger charge is -2.25. The molecule has 10 heteroatoms. The molecule has 2 heterocycles. The number of likely N-dealkylation sites (tertiary alicyclic amines) is 1. The highest BCUT2D eigenvalue weighted by molar-refractivity contribution is 5.99. The van der Waals surface area contributed by atoms with E-state index in [1.54, 1.807) is 18.2 Å². The average Bonchev–Trinajstić information content (AvgIpc) is 3.26. The second-order valence-corrected chi connectivity index (χ2v) is 9.45. The molecule has 2 unspecified atom stereocenters. The number of fused-ring (bicyclic) bond motifs is 1. The molecule has 192 valence electrons. The largest absolute Gasteiger partial charge is 0.364 e. The summed E-state index contributed by atoms with van der Waals surface area (Å²) >= 11 is 0. The number of hydrogen-bond acceptors (Lipinski definition) is 7. The molecule has 0 radical (unpaired) electrons. The highest BCUT2D eigenvalue weighted by atomic mass is 16.6. The van der Waals surface area contributed by atoms with E-state index in [-0.39, 0.29) is 48.7 Å². The van der Waals surface area contributed by atoms with Gasteiger partial charge in [0.1, 0.15) is 17.8 Å². The molecule has 1 aromatic heterocycles. The van der Waals surface area contributed by atoms with Gasteiger partial charge in [0.15, 0.2) is 5.78 Å². The quantitative estimate of drug-likeness (QED) is 0.349. The number of hydrogen-bond donors (Lipinski definition) is 1. The summed E-state index contributed by atoms with van der Waals surface area (Å²) in [7, 11) is 0. The zero-order chi connectivity index (χ0) is 26.5. The second kappa shape index (κ2) is 11.3. The Hall–Kier alpha value is -4.18. The van der Waals surface area contributed by atoms with Crippen LogP contribution in [0.1, 0.15) is 36.3 Å². The summed E-state index contributed by atoms with van der Waals surface area (Å²) < 4.78 is 5.72. The molecule has 0 aliphatic carbocycles. The first kappa shape index (κ1) is 25.9. The monoisotopic (exact) mass is 504 g/mol. The molecule has 37 heavy (non-hydrogen) atoms. The van der Waals surface area contributed by atoms with Crippen molar-refractivity contribution in [2.45, 2.75) is 39.0 Å². The smallest absolute Gasteiger partial charge is 0.270 e. The fourth-order valence-corrected chi connectivity index (χ4v) is 4.22. The summed E-state index contributed by atoms with van der Waals surface area (Å²) in [4.78, 5) is 55.0. The van der Waals surface area contributed by atoms with Gasteiger partial charge in [-0.3, -0.25) is 24.5 Å². The zero-order valence-electron chi connectivity index (χ0n) is 20.6. The number of nitro benzene ring substituents is 1. The second-order valence-electron chi connectivity index (χ2n) is 9.45. The minimum atomic E-state index is -0.818. The molecular formula is C27H28N4O6. The number of ether oxygens (including phenoxy) is 1. The first-order valence-corrected chi connectivity index (χ1v) is 12.0. The van der Waals surface area contributed by atoms with Crippen LogP contribution in [0.4, 0.5) is 5.69 Å². The third-order valence-electron chi connectivity index (χ3n) is 6.14. The Morgan fingerprint density at radius 2 is 1.86 bits per heavy atom. The summed E-state index contributed by atoms with van der Waals surface area (Å²) in [5.41, 5.74) is 1.53. The standard InChI is InChI=1S/C27H28N4O6/c1-17(2)13-23(29-26(33)22-12-9-19-5-3-4-6-21(19)28-22)27(34)30-14-24(32)25(15-30)37-16-18-7-10-20(11-8-18)31(35)36/h3-12,17,23,25H,13-16H2,1-2H3,(H,29,33). The van der Waals surface area contributed by atoms with Crippen molar-refractivity contribution < 1.29 is 24.0 Å². The maximum absolute atomic E-state index is 13.3.